The first-order chi connectivity index (χ1) is 15.2. The summed E-state index contributed by atoms with van der Waals surface area (Å²) in [5.74, 6) is 0. The first-order valence-corrected chi connectivity index (χ1v) is 13.4. The minimum atomic E-state index is -1.08. The van der Waals surface area contributed by atoms with Gasteiger partial charge in [-0.15, -0.1) is 0 Å². The van der Waals surface area contributed by atoms with Gasteiger partial charge in [0.2, 0.25) is 0 Å². The van der Waals surface area contributed by atoms with E-state index in [-0.39, 0.29) is 13.2 Å². The number of aliphatic hydroxyl groups is 3. The Labute approximate surface area is 191 Å². The average molecular weight is 445 g/mol. The molecule has 0 saturated carbocycles. The largest absolute Gasteiger partial charge is 0.394 e. The van der Waals surface area contributed by atoms with Crippen molar-refractivity contribution < 1.29 is 24.8 Å². The summed E-state index contributed by atoms with van der Waals surface area (Å²) in [7, 11) is 0. The molecule has 1 aliphatic rings. The lowest BCUT2D eigenvalue weighted by Crippen LogP contribution is -2.55. The zero-order chi connectivity index (χ0) is 22.6. The first kappa shape index (κ1) is 28.8. The van der Waals surface area contributed by atoms with E-state index in [1.807, 2.05) is 0 Å². The summed E-state index contributed by atoms with van der Waals surface area (Å²) in [5, 5.41) is 28.9. The molecule has 186 valence electrons. The molecular weight excluding hydrogens is 392 g/mol. The van der Waals surface area contributed by atoms with Gasteiger partial charge < -0.3 is 24.8 Å². The monoisotopic (exact) mass is 444 g/mol. The molecule has 0 aromatic carbocycles. The molecule has 3 N–H and O–H groups in total. The van der Waals surface area contributed by atoms with E-state index in [4.69, 9.17) is 14.6 Å². The highest BCUT2D eigenvalue weighted by atomic mass is 16.6. The molecule has 0 bridgehead atoms. The van der Waals surface area contributed by atoms with Crippen LogP contribution in [0.2, 0.25) is 0 Å². The minimum absolute atomic E-state index is 0.225. The van der Waals surface area contributed by atoms with Gasteiger partial charge in [0.15, 0.2) is 0 Å². The third-order valence-electron chi connectivity index (χ3n) is 6.60. The Morgan fingerprint density at radius 3 is 1.48 bits per heavy atom. The van der Waals surface area contributed by atoms with E-state index < -0.39 is 24.4 Å². The fourth-order valence-electron chi connectivity index (χ4n) is 4.40. The maximum atomic E-state index is 10.0. The summed E-state index contributed by atoms with van der Waals surface area (Å²) in [6, 6.07) is 0. The van der Waals surface area contributed by atoms with Crippen LogP contribution in [-0.4, -0.2) is 59.6 Å². The molecule has 0 aromatic heterocycles. The maximum absolute atomic E-state index is 10.0. The molecule has 31 heavy (non-hydrogen) atoms. The van der Waals surface area contributed by atoms with Crippen molar-refractivity contribution in [2.75, 3.05) is 19.8 Å². The van der Waals surface area contributed by atoms with Gasteiger partial charge in [0.05, 0.1) is 13.2 Å². The smallest absolute Gasteiger partial charge is 0.111 e. The van der Waals surface area contributed by atoms with Crippen LogP contribution >= 0.6 is 0 Å². The fourth-order valence-corrected chi connectivity index (χ4v) is 4.40. The van der Waals surface area contributed by atoms with Gasteiger partial charge in [-0.05, 0) is 6.42 Å². The summed E-state index contributed by atoms with van der Waals surface area (Å²) in [5.41, 5.74) is 0. The summed E-state index contributed by atoms with van der Waals surface area (Å²) in [6.07, 6.45) is 21.1. The number of rotatable bonds is 21. The predicted octanol–water partition coefficient (Wildman–Crippen LogP) is 5.53. The van der Waals surface area contributed by atoms with Crippen molar-refractivity contribution in [2.45, 2.75) is 147 Å². The second-order valence-corrected chi connectivity index (χ2v) is 9.46. The Hall–Kier alpha value is -0.200. The van der Waals surface area contributed by atoms with Crippen molar-refractivity contribution in [3.8, 4) is 0 Å². The number of hydrogen-bond acceptors (Lipinski definition) is 5. The van der Waals surface area contributed by atoms with Crippen LogP contribution in [0.4, 0.5) is 0 Å². The highest BCUT2D eigenvalue weighted by molar-refractivity contribution is 4.87. The van der Waals surface area contributed by atoms with Gasteiger partial charge >= 0.3 is 0 Å². The lowest BCUT2D eigenvalue weighted by atomic mass is 10.0. The third-order valence-corrected chi connectivity index (χ3v) is 6.60. The molecule has 0 radical (unpaired) electrons. The fraction of sp³-hybridized carbons (Fsp3) is 1.00. The van der Waals surface area contributed by atoms with E-state index in [9.17, 15) is 10.2 Å². The van der Waals surface area contributed by atoms with E-state index >= 15 is 0 Å². The van der Waals surface area contributed by atoms with Crippen LogP contribution in [-0.2, 0) is 9.47 Å². The Bertz CT molecular complexity index is 379. The summed E-state index contributed by atoms with van der Waals surface area (Å²) in [4.78, 5) is 0. The maximum Gasteiger partial charge on any atom is 0.111 e. The van der Waals surface area contributed by atoms with Gasteiger partial charge in [0.1, 0.15) is 24.4 Å². The van der Waals surface area contributed by atoms with Crippen molar-refractivity contribution in [1.29, 1.82) is 0 Å². The molecule has 5 nitrogen and oxygen atoms in total. The van der Waals surface area contributed by atoms with Crippen LogP contribution in [0.15, 0.2) is 0 Å². The van der Waals surface area contributed by atoms with Gasteiger partial charge in [-0.1, -0.05) is 116 Å². The van der Waals surface area contributed by atoms with Gasteiger partial charge in [-0.2, -0.15) is 0 Å². The van der Waals surface area contributed by atoms with Crippen molar-refractivity contribution in [2.24, 2.45) is 0 Å². The van der Waals surface area contributed by atoms with Crippen LogP contribution in [0.1, 0.15) is 122 Å². The van der Waals surface area contributed by atoms with E-state index in [2.05, 4.69) is 6.92 Å². The van der Waals surface area contributed by atoms with E-state index in [0.717, 1.165) is 12.8 Å². The van der Waals surface area contributed by atoms with Crippen LogP contribution in [0.3, 0.4) is 0 Å². The highest BCUT2D eigenvalue weighted by Gasteiger charge is 2.38. The van der Waals surface area contributed by atoms with Crippen LogP contribution in [0, 0.1) is 0 Å². The summed E-state index contributed by atoms with van der Waals surface area (Å²) >= 11 is 0. The zero-order valence-corrected chi connectivity index (χ0v) is 20.3. The van der Waals surface area contributed by atoms with Crippen LogP contribution < -0.4 is 0 Å². The molecule has 4 atom stereocenters. The number of aliphatic hydroxyl groups excluding tert-OH is 3. The molecule has 0 aromatic rings. The van der Waals surface area contributed by atoms with Crippen molar-refractivity contribution >= 4 is 0 Å². The summed E-state index contributed by atoms with van der Waals surface area (Å²) in [6.45, 7) is 2.80. The number of ether oxygens (including phenoxy) is 2. The number of hydrogen-bond donors (Lipinski definition) is 3. The third kappa shape index (κ3) is 14.5. The molecule has 0 amide bonds. The quantitative estimate of drug-likeness (QED) is 0.203. The Kier molecular flexibility index (Phi) is 19.0. The molecule has 1 saturated heterocycles. The first-order valence-electron chi connectivity index (χ1n) is 13.4. The predicted molar refractivity (Wildman–Crippen MR) is 127 cm³/mol. The lowest BCUT2D eigenvalue weighted by molar-refractivity contribution is -0.208. The second-order valence-electron chi connectivity index (χ2n) is 9.46. The molecular formula is C26H52O5. The van der Waals surface area contributed by atoms with Crippen LogP contribution in [0.25, 0.3) is 0 Å². The Morgan fingerprint density at radius 1 is 0.645 bits per heavy atom. The normalized spacial score (nSPS) is 24.0. The lowest BCUT2D eigenvalue weighted by Gasteiger charge is -2.36. The van der Waals surface area contributed by atoms with Crippen molar-refractivity contribution in [3.05, 3.63) is 0 Å². The molecule has 1 rings (SSSR count). The molecule has 0 aliphatic carbocycles. The molecule has 1 heterocycles. The zero-order valence-electron chi connectivity index (χ0n) is 20.3. The van der Waals surface area contributed by atoms with E-state index in [0.29, 0.717) is 6.61 Å². The van der Waals surface area contributed by atoms with Gasteiger partial charge in [-0.3, -0.25) is 0 Å². The number of unbranched alkanes of at least 4 members (excludes halogenated alkanes) is 17. The Morgan fingerprint density at radius 2 is 1.06 bits per heavy atom. The molecule has 1 fully saturated rings. The van der Waals surface area contributed by atoms with Gasteiger partial charge in [0.25, 0.3) is 0 Å². The molecule has 5 heteroatoms. The standard InChI is InChI=1S/C26H52O5/c1-2-3-4-5-6-7-8-9-10-11-12-13-14-15-16-17-18-19-20-30-24-22-31-23(21-27)25(28)26(24)29/h23-29H,2-22H2,1H3/t23-,24+,25-,26-/m0/s1. The van der Waals surface area contributed by atoms with E-state index in [1.165, 1.54) is 103 Å². The SMILES string of the molecule is CCCCCCCCCCCCCCCCCCCCO[C@@H]1CO[C@@H](CO)[C@H](O)[C@H]1O. The van der Waals surface area contributed by atoms with Crippen molar-refractivity contribution in [1.82, 2.24) is 0 Å². The van der Waals surface area contributed by atoms with Crippen LogP contribution in [0.5, 0.6) is 0 Å². The van der Waals surface area contributed by atoms with Gasteiger partial charge in [0, 0.05) is 6.61 Å². The van der Waals surface area contributed by atoms with Crippen molar-refractivity contribution in [3.63, 3.8) is 0 Å². The molecule has 0 spiro atoms. The minimum Gasteiger partial charge on any atom is -0.394 e. The second kappa shape index (κ2) is 20.4. The molecule has 1 aliphatic heterocycles. The summed E-state index contributed by atoms with van der Waals surface area (Å²) < 4.78 is 11.0. The Balaban J connectivity index is 1.76. The van der Waals surface area contributed by atoms with Gasteiger partial charge in [-0.25, -0.2) is 0 Å². The topological polar surface area (TPSA) is 79.2 Å². The molecule has 0 unspecified atom stereocenters. The highest BCUT2D eigenvalue weighted by Crippen LogP contribution is 2.18. The average Bonchev–Trinajstić information content (AvgIpc) is 2.78. The van der Waals surface area contributed by atoms with E-state index in [1.54, 1.807) is 0 Å².